The molecule has 1 unspecified atom stereocenters. The minimum Gasteiger partial charge on any atom is -0.469 e. The van der Waals surface area contributed by atoms with Crippen molar-refractivity contribution in [1.29, 1.82) is 0 Å². The van der Waals surface area contributed by atoms with E-state index in [-0.39, 0.29) is 12.1 Å². The van der Waals surface area contributed by atoms with Gasteiger partial charge in [-0.2, -0.15) is 0 Å². The summed E-state index contributed by atoms with van der Waals surface area (Å²) in [5, 5.41) is 0. The van der Waals surface area contributed by atoms with Crippen molar-refractivity contribution in [2.75, 3.05) is 27.8 Å². The highest BCUT2D eigenvalue weighted by Gasteiger charge is 2.25. The Morgan fingerprint density at radius 2 is 1.88 bits per heavy atom. The molecule has 0 spiro atoms. The fourth-order valence-electron chi connectivity index (χ4n) is 2.12. The van der Waals surface area contributed by atoms with E-state index < -0.39 is 29.6 Å². The minimum absolute atomic E-state index is 0.145. The third kappa shape index (κ3) is 6.63. The van der Waals surface area contributed by atoms with Crippen molar-refractivity contribution in [2.24, 2.45) is 5.92 Å². The molecule has 1 aliphatic rings. The molecular weight excluding hydrogens is 338 g/mol. The van der Waals surface area contributed by atoms with Crippen LogP contribution >= 0.6 is 0 Å². The van der Waals surface area contributed by atoms with E-state index in [1.165, 1.54) is 25.2 Å². The van der Waals surface area contributed by atoms with Crippen LogP contribution in [-0.2, 0) is 23.8 Å². The molecule has 26 heavy (non-hydrogen) atoms. The van der Waals surface area contributed by atoms with Crippen LogP contribution in [0.2, 0.25) is 0 Å². The maximum Gasteiger partial charge on any atom is 0.410 e. The predicted octanol–water partition coefficient (Wildman–Crippen LogP) is 2.08. The van der Waals surface area contributed by atoms with Crippen molar-refractivity contribution in [3.05, 3.63) is 23.3 Å². The Morgan fingerprint density at radius 1 is 1.23 bits per heavy atom. The first kappa shape index (κ1) is 21.3. The van der Waals surface area contributed by atoms with Crippen LogP contribution in [0.15, 0.2) is 23.3 Å². The molecule has 0 saturated carbocycles. The number of carbonyl (C=O) groups is 3. The van der Waals surface area contributed by atoms with E-state index in [4.69, 9.17) is 14.2 Å². The van der Waals surface area contributed by atoms with Crippen molar-refractivity contribution in [2.45, 2.75) is 32.8 Å². The lowest BCUT2D eigenvalue weighted by Gasteiger charge is -2.23. The summed E-state index contributed by atoms with van der Waals surface area (Å²) in [7, 11) is 4.13. The first-order valence-electron chi connectivity index (χ1n) is 8.09. The fraction of sp³-hybridized carbons (Fsp3) is 0.526. The molecule has 0 bridgehead atoms. The van der Waals surface area contributed by atoms with Crippen LogP contribution in [0.5, 0.6) is 0 Å². The summed E-state index contributed by atoms with van der Waals surface area (Å²) in [6.45, 7) is 5.49. The molecule has 1 aliphatic carbocycles. The number of hydrogen-bond acceptors (Lipinski definition) is 6. The molecule has 142 valence electrons. The number of ether oxygens (including phenoxy) is 3. The third-order valence-corrected chi connectivity index (χ3v) is 3.35. The monoisotopic (exact) mass is 363 g/mol. The van der Waals surface area contributed by atoms with Crippen LogP contribution in [0, 0.1) is 17.8 Å². The standard InChI is InChI=1S/C19H25NO6/c1-19(2,3)26-18(23)20(4)9-7-8-13-10-14(16(21)24-5)12-15(11-13)17(22)25-6/h10,12,15H,9,11H2,1-6H3. The van der Waals surface area contributed by atoms with Gasteiger partial charge in [0.25, 0.3) is 0 Å². The number of rotatable bonds is 3. The third-order valence-electron chi connectivity index (χ3n) is 3.35. The lowest BCUT2D eigenvalue weighted by atomic mass is 9.90. The van der Waals surface area contributed by atoms with Gasteiger partial charge < -0.3 is 19.1 Å². The number of hydrogen-bond donors (Lipinski definition) is 0. The van der Waals surface area contributed by atoms with Crippen molar-refractivity contribution in [3.8, 4) is 11.8 Å². The van der Waals surface area contributed by atoms with Gasteiger partial charge in [0.05, 0.1) is 32.3 Å². The minimum atomic E-state index is -0.605. The summed E-state index contributed by atoms with van der Waals surface area (Å²) in [5.74, 6) is 4.13. The average Bonchev–Trinajstić information content (AvgIpc) is 2.58. The van der Waals surface area contributed by atoms with E-state index in [1.54, 1.807) is 33.9 Å². The van der Waals surface area contributed by atoms with Gasteiger partial charge >= 0.3 is 18.0 Å². The number of methoxy groups -OCH3 is 2. The largest absolute Gasteiger partial charge is 0.469 e. The van der Waals surface area contributed by atoms with Gasteiger partial charge in [-0.15, -0.1) is 0 Å². The van der Waals surface area contributed by atoms with Crippen LogP contribution in [0.1, 0.15) is 27.2 Å². The van der Waals surface area contributed by atoms with Gasteiger partial charge in [-0.25, -0.2) is 9.59 Å². The maximum absolute atomic E-state index is 11.9. The van der Waals surface area contributed by atoms with Gasteiger partial charge in [-0.05, 0) is 33.3 Å². The highest BCUT2D eigenvalue weighted by molar-refractivity contribution is 5.93. The molecule has 0 saturated heterocycles. The Bertz CT molecular complexity index is 687. The van der Waals surface area contributed by atoms with Crippen LogP contribution in [0.3, 0.4) is 0 Å². The highest BCUT2D eigenvalue weighted by Crippen LogP contribution is 2.24. The van der Waals surface area contributed by atoms with E-state index in [9.17, 15) is 14.4 Å². The zero-order chi connectivity index (χ0) is 19.9. The quantitative estimate of drug-likeness (QED) is 0.434. The van der Waals surface area contributed by atoms with Crippen molar-refractivity contribution < 1.29 is 28.6 Å². The lowest BCUT2D eigenvalue weighted by Crippen LogP contribution is -2.34. The fourth-order valence-corrected chi connectivity index (χ4v) is 2.12. The predicted molar refractivity (Wildman–Crippen MR) is 94.9 cm³/mol. The Hall–Kier alpha value is -2.75. The van der Waals surface area contributed by atoms with Crippen LogP contribution in [-0.4, -0.2) is 56.3 Å². The molecule has 7 heteroatoms. The van der Waals surface area contributed by atoms with E-state index in [2.05, 4.69) is 11.8 Å². The van der Waals surface area contributed by atoms with E-state index in [0.717, 1.165) is 0 Å². The molecule has 0 radical (unpaired) electrons. The smallest absolute Gasteiger partial charge is 0.410 e. The topological polar surface area (TPSA) is 82.1 Å². The zero-order valence-electron chi connectivity index (χ0n) is 16.0. The Labute approximate surface area is 154 Å². The summed E-state index contributed by atoms with van der Waals surface area (Å²) in [6.07, 6.45) is 2.92. The van der Waals surface area contributed by atoms with Gasteiger partial charge in [-0.1, -0.05) is 17.9 Å². The van der Waals surface area contributed by atoms with Crippen LogP contribution in [0.4, 0.5) is 4.79 Å². The van der Waals surface area contributed by atoms with Crippen molar-refractivity contribution >= 4 is 18.0 Å². The van der Waals surface area contributed by atoms with Crippen LogP contribution in [0.25, 0.3) is 0 Å². The molecule has 1 amide bonds. The second kappa shape index (κ2) is 9.09. The summed E-state index contributed by atoms with van der Waals surface area (Å²) in [4.78, 5) is 36.8. The molecule has 0 aromatic carbocycles. The number of allylic oxidation sites excluding steroid dienone is 1. The Kier molecular flexibility index (Phi) is 7.44. The summed E-state index contributed by atoms with van der Waals surface area (Å²) in [6, 6.07) is 0. The number of carbonyl (C=O) groups excluding carboxylic acids is 3. The number of amides is 1. The molecule has 0 aromatic heterocycles. The van der Waals surface area contributed by atoms with Gasteiger partial charge in [-0.3, -0.25) is 4.79 Å². The van der Waals surface area contributed by atoms with E-state index >= 15 is 0 Å². The zero-order valence-corrected chi connectivity index (χ0v) is 16.0. The molecule has 0 aromatic rings. The Balaban J connectivity index is 2.85. The Morgan fingerprint density at radius 3 is 2.42 bits per heavy atom. The van der Waals surface area contributed by atoms with Crippen molar-refractivity contribution in [3.63, 3.8) is 0 Å². The average molecular weight is 363 g/mol. The van der Waals surface area contributed by atoms with Gasteiger partial charge in [0.15, 0.2) is 0 Å². The molecule has 1 atom stereocenters. The molecule has 1 rings (SSSR count). The van der Waals surface area contributed by atoms with Gasteiger partial charge in [0.2, 0.25) is 0 Å². The van der Waals surface area contributed by atoms with Crippen molar-refractivity contribution in [1.82, 2.24) is 4.90 Å². The second-order valence-electron chi connectivity index (χ2n) is 6.76. The van der Waals surface area contributed by atoms with Gasteiger partial charge in [0, 0.05) is 12.6 Å². The van der Waals surface area contributed by atoms with Gasteiger partial charge in [0.1, 0.15) is 5.60 Å². The number of nitrogens with zero attached hydrogens (tertiary/aromatic N) is 1. The second-order valence-corrected chi connectivity index (χ2v) is 6.76. The molecular formula is C19H25NO6. The summed E-state index contributed by atoms with van der Waals surface area (Å²) >= 11 is 0. The van der Waals surface area contributed by atoms with E-state index in [0.29, 0.717) is 12.0 Å². The first-order valence-corrected chi connectivity index (χ1v) is 8.09. The lowest BCUT2D eigenvalue weighted by molar-refractivity contribution is -0.143. The number of esters is 2. The van der Waals surface area contributed by atoms with Crippen LogP contribution < -0.4 is 0 Å². The molecule has 0 N–H and O–H groups in total. The molecule has 0 fully saturated rings. The SMILES string of the molecule is COC(=O)C1=CC(C(=O)OC)CC(C#CCN(C)C(=O)OC(C)(C)C)=C1. The first-order chi connectivity index (χ1) is 12.1. The molecule has 0 heterocycles. The normalized spacial score (nSPS) is 16.3. The summed E-state index contributed by atoms with van der Waals surface area (Å²) in [5.41, 5.74) is 0.248. The highest BCUT2D eigenvalue weighted by atomic mass is 16.6. The molecule has 0 aliphatic heterocycles. The maximum atomic E-state index is 11.9. The summed E-state index contributed by atoms with van der Waals surface area (Å²) < 4.78 is 14.7. The molecule has 7 nitrogen and oxygen atoms in total. The van der Waals surface area contributed by atoms with E-state index in [1.807, 2.05) is 0 Å².